The lowest BCUT2D eigenvalue weighted by molar-refractivity contribution is -0.138. The van der Waals surface area contributed by atoms with Crippen molar-refractivity contribution in [3.05, 3.63) is 60.2 Å². The fourth-order valence-corrected chi connectivity index (χ4v) is 2.71. The lowest BCUT2D eigenvalue weighted by atomic mass is 10.1. The maximum Gasteiger partial charge on any atom is 0.419 e. The molecule has 0 atom stereocenters. The number of nitrogens with one attached hydrogen (secondary N) is 1. The number of hydrogen-bond donors (Lipinski definition) is 1. The zero-order chi connectivity index (χ0) is 21.5. The van der Waals surface area contributed by atoms with Crippen LogP contribution in [-0.4, -0.2) is 29.8 Å². The Morgan fingerprint density at radius 1 is 0.867 bits per heavy atom. The Kier molecular flexibility index (Phi) is 4.51. The largest absolute Gasteiger partial charge is 0.419 e. The first-order chi connectivity index (χ1) is 14.1. The Bertz CT molecular complexity index is 1220. The smallest absolute Gasteiger partial charge is 0.322 e. The van der Waals surface area contributed by atoms with Crippen molar-refractivity contribution in [3.8, 4) is 11.3 Å². The van der Waals surface area contributed by atoms with Gasteiger partial charge in [0.2, 0.25) is 5.95 Å². The molecule has 1 N–H and O–H groups in total. The Labute approximate surface area is 163 Å². The van der Waals surface area contributed by atoms with Gasteiger partial charge in [-0.15, -0.1) is 10.2 Å². The first kappa shape index (κ1) is 19.5. The highest BCUT2D eigenvalue weighted by Gasteiger charge is 2.35. The van der Waals surface area contributed by atoms with E-state index in [9.17, 15) is 26.3 Å². The van der Waals surface area contributed by atoms with Crippen LogP contribution < -0.4 is 5.32 Å². The van der Waals surface area contributed by atoms with Crippen molar-refractivity contribution >= 4 is 17.3 Å². The predicted octanol–water partition coefficient (Wildman–Crippen LogP) is 4.36. The van der Waals surface area contributed by atoms with E-state index in [4.69, 9.17) is 0 Å². The van der Waals surface area contributed by atoms with Crippen LogP contribution in [0, 0.1) is 0 Å². The Balaban J connectivity index is 1.74. The third-order valence-electron chi connectivity index (χ3n) is 4.02. The molecule has 0 fully saturated rings. The summed E-state index contributed by atoms with van der Waals surface area (Å²) < 4.78 is 80.1. The third-order valence-corrected chi connectivity index (χ3v) is 4.02. The summed E-state index contributed by atoms with van der Waals surface area (Å²) in [6, 6.07) is 4.39. The van der Waals surface area contributed by atoms with Gasteiger partial charge < -0.3 is 5.32 Å². The van der Waals surface area contributed by atoms with Crippen molar-refractivity contribution in [2.75, 3.05) is 5.32 Å². The summed E-state index contributed by atoms with van der Waals surface area (Å²) in [6.45, 7) is 0. The van der Waals surface area contributed by atoms with Crippen LogP contribution in [0.4, 0.5) is 38.0 Å². The summed E-state index contributed by atoms with van der Waals surface area (Å²) in [5, 5.41) is 13.9. The van der Waals surface area contributed by atoms with Crippen LogP contribution in [0.5, 0.6) is 0 Å². The van der Waals surface area contributed by atoms with E-state index in [1.54, 1.807) is 0 Å². The monoisotopic (exact) mass is 425 g/mol. The van der Waals surface area contributed by atoms with Crippen molar-refractivity contribution in [2.24, 2.45) is 0 Å². The van der Waals surface area contributed by atoms with Gasteiger partial charge in [0, 0.05) is 24.2 Å². The van der Waals surface area contributed by atoms with Gasteiger partial charge in [0.15, 0.2) is 5.65 Å². The van der Waals surface area contributed by atoms with Crippen LogP contribution in [-0.2, 0) is 12.4 Å². The second-order valence-corrected chi connectivity index (χ2v) is 5.98. The lowest BCUT2D eigenvalue weighted by Gasteiger charge is -2.13. The molecule has 0 aliphatic rings. The molecule has 154 valence electrons. The summed E-state index contributed by atoms with van der Waals surface area (Å²) in [5.41, 5.74) is -2.64. The molecule has 0 radical (unpaired) electrons. The van der Waals surface area contributed by atoms with E-state index in [1.165, 1.54) is 12.3 Å². The van der Waals surface area contributed by atoms with Gasteiger partial charge in [0.1, 0.15) is 0 Å². The maximum atomic E-state index is 13.2. The number of pyridine rings is 2. The first-order valence-electron chi connectivity index (χ1n) is 8.17. The fourth-order valence-electron chi connectivity index (χ4n) is 2.71. The molecule has 0 unspecified atom stereocenters. The summed E-state index contributed by atoms with van der Waals surface area (Å²) >= 11 is 0. The number of halogens is 6. The Hall–Kier alpha value is -3.77. The highest BCUT2D eigenvalue weighted by Crippen LogP contribution is 2.36. The van der Waals surface area contributed by atoms with Crippen LogP contribution in [0.3, 0.4) is 0 Å². The molecule has 4 rings (SSSR count). The SMILES string of the molecule is FC(F)(F)c1cnccc1Nc1nnc2cc(-c3ncccc3C(F)(F)F)cnn12. The van der Waals surface area contributed by atoms with Crippen molar-refractivity contribution in [1.82, 2.24) is 29.8 Å². The molecule has 4 aromatic heterocycles. The van der Waals surface area contributed by atoms with E-state index >= 15 is 0 Å². The van der Waals surface area contributed by atoms with Gasteiger partial charge >= 0.3 is 12.4 Å². The van der Waals surface area contributed by atoms with Gasteiger partial charge in [-0.3, -0.25) is 9.97 Å². The van der Waals surface area contributed by atoms with Gasteiger partial charge in [0.05, 0.1) is 28.7 Å². The van der Waals surface area contributed by atoms with Gasteiger partial charge in [-0.25, -0.2) is 0 Å². The molecule has 0 amide bonds. The van der Waals surface area contributed by atoms with E-state index in [0.717, 1.165) is 35.1 Å². The zero-order valence-corrected chi connectivity index (χ0v) is 14.6. The van der Waals surface area contributed by atoms with Gasteiger partial charge in [-0.1, -0.05) is 0 Å². The Morgan fingerprint density at radius 2 is 1.63 bits per heavy atom. The molecule has 0 saturated carbocycles. The number of aromatic nitrogens is 6. The van der Waals surface area contributed by atoms with Crippen LogP contribution in [0.25, 0.3) is 16.9 Å². The van der Waals surface area contributed by atoms with E-state index in [0.29, 0.717) is 6.20 Å². The zero-order valence-electron chi connectivity index (χ0n) is 14.6. The minimum Gasteiger partial charge on any atom is -0.322 e. The van der Waals surface area contributed by atoms with Crippen LogP contribution in [0.15, 0.2) is 49.1 Å². The molecule has 7 nitrogen and oxygen atoms in total. The average molecular weight is 425 g/mol. The van der Waals surface area contributed by atoms with Crippen molar-refractivity contribution < 1.29 is 26.3 Å². The van der Waals surface area contributed by atoms with Gasteiger partial charge in [-0.2, -0.15) is 36.0 Å². The number of rotatable bonds is 3. The van der Waals surface area contributed by atoms with E-state index in [2.05, 4.69) is 30.6 Å². The predicted molar refractivity (Wildman–Crippen MR) is 91.5 cm³/mol. The minimum absolute atomic E-state index is 0.0105. The molecule has 13 heteroatoms. The molecule has 4 heterocycles. The average Bonchev–Trinajstić information content (AvgIpc) is 3.09. The minimum atomic E-state index is -4.66. The number of anilines is 2. The summed E-state index contributed by atoms with van der Waals surface area (Å²) in [6.07, 6.45) is -5.19. The van der Waals surface area contributed by atoms with Gasteiger partial charge in [0.25, 0.3) is 0 Å². The summed E-state index contributed by atoms with van der Waals surface area (Å²) in [4.78, 5) is 7.23. The third kappa shape index (κ3) is 3.60. The normalized spacial score (nSPS) is 12.3. The van der Waals surface area contributed by atoms with E-state index in [-0.39, 0.29) is 28.5 Å². The van der Waals surface area contributed by atoms with Crippen LogP contribution in [0.1, 0.15) is 11.1 Å². The molecule has 0 aromatic carbocycles. The lowest BCUT2D eigenvalue weighted by Crippen LogP contribution is -2.11. The Morgan fingerprint density at radius 3 is 2.37 bits per heavy atom. The topological polar surface area (TPSA) is 80.9 Å². The first-order valence-corrected chi connectivity index (χ1v) is 8.17. The van der Waals surface area contributed by atoms with E-state index in [1.807, 2.05) is 0 Å². The van der Waals surface area contributed by atoms with Crippen LogP contribution in [0.2, 0.25) is 0 Å². The molecule has 0 spiro atoms. The van der Waals surface area contributed by atoms with E-state index < -0.39 is 23.5 Å². The molecule has 0 aliphatic carbocycles. The van der Waals surface area contributed by atoms with Crippen molar-refractivity contribution in [1.29, 1.82) is 0 Å². The number of hydrogen-bond acceptors (Lipinski definition) is 6. The molecule has 0 saturated heterocycles. The molecule has 30 heavy (non-hydrogen) atoms. The fraction of sp³-hybridized carbons (Fsp3) is 0.118. The second kappa shape index (κ2) is 6.93. The number of nitrogens with zero attached hydrogens (tertiary/aromatic N) is 6. The summed E-state index contributed by atoms with van der Waals surface area (Å²) in [5.74, 6) is -0.162. The molecule has 0 aliphatic heterocycles. The van der Waals surface area contributed by atoms with Gasteiger partial charge in [-0.05, 0) is 24.3 Å². The van der Waals surface area contributed by atoms with Crippen molar-refractivity contribution in [3.63, 3.8) is 0 Å². The van der Waals surface area contributed by atoms with Crippen LogP contribution >= 0.6 is 0 Å². The highest BCUT2D eigenvalue weighted by molar-refractivity contribution is 5.68. The van der Waals surface area contributed by atoms with Crippen molar-refractivity contribution in [2.45, 2.75) is 12.4 Å². The number of alkyl halides is 6. The molecular formula is C17H9F6N7. The molecule has 4 aromatic rings. The molecular weight excluding hydrogens is 416 g/mol. The highest BCUT2D eigenvalue weighted by atomic mass is 19.4. The maximum absolute atomic E-state index is 13.2. The quantitative estimate of drug-likeness (QED) is 0.492. The summed E-state index contributed by atoms with van der Waals surface area (Å²) in [7, 11) is 0. The second-order valence-electron chi connectivity index (χ2n) is 5.98. The molecule has 0 bridgehead atoms. The number of fused-ring (bicyclic) bond motifs is 1. The standard InChI is InChI=1S/C17H9F6N7/c18-16(19,20)10-2-1-4-25-14(10)9-6-13-28-29-15(30(13)26-7-9)27-12-3-5-24-8-11(12)17(21,22)23/h1-8H,(H,24,27,29).